The van der Waals surface area contributed by atoms with E-state index in [4.69, 9.17) is 14.2 Å². The lowest BCUT2D eigenvalue weighted by atomic mass is 10.1. The fourth-order valence-electron chi connectivity index (χ4n) is 17.7. The highest BCUT2D eigenvalue weighted by Crippen LogP contribution is 2.40. The van der Waals surface area contributed by atoms with E-state index in [2.05, 4.69) is 122 Å². The molecule has 0 atom stereocenters. The summed E-state index contributed by atoms with van der Waals surface area (Å²) in [5.74, 6) is -0.251. The van der Waals surface area contributed by atoms with Gasteiger partial charge in [-0.15, -0.1) is 0 Å². The largest absolute Gasteiger partial charge is 0.378 e. The molecule has 734 valence electrons. The molecule has 4 aromatic carbocycles. The molecule has 39 nitrogen and oxygen atoms in total. The van der Waals surface area contributed by atoms with E-state index in [-0.39, 0.29) is 53.2 Å². The van der Waals surface area contributed by atoms with Crippen LogP contribution in [0.1, 0.15) is 87.7 Å². The average molecular weight is 1950 g/mol. The maximum absolute atomic E-state index is 13.2. The van der Waals surface area contributed by atoms with Gasteiger partial charge in [0, 0.05) is 273 Å². The Bertz CT molecular complexity index is 8390. The van der Waals surface area contributed by atoms with Gasteiger partial charge >= 0.3 is 6.03 Å². The molecule has 3 saturated heterocycles. The summed E-state index contributed by atoms with van der Waals surface area (Å²) in [5.41, 5.74) is 24.0. The SMILES string of the molecule is CC(C)C(=O)Nc1cncc(-c2cnc3n[nH]c(-c4cc5c(C(=O)N6CCOCC6)cccc5[nH]4)c3c2)c1.CCC(=O)Cc1ccc(-c2cnc3n[nH]c(-c4cc5c(C(=O)N6CCOCC6)cccc5[nH]4)c3c2)cn1.CCC(=O)Nc1cncc(-c2cnc3n[nH]c(-c4cc5c(C(=O)N6CCOCC6)cccc5[nH]4)c3c2)c1.CNC(=O)c1cccc2[nH]c(-c3[nH]nc4ncc(-c5cncc(NC(=O)N(C)C)c5)cc34)cc12. The monoisotopic (exact) mass is 1950 g/mol. The van der Waals surface area contributed by atoms with Gasteiger partial charge in [-0.1, -0.05) is 58.0 Å². The van der Waals surface area contributed by atoms with Crippen molar-refractivity contribution in [1.29, 1.82) is 0 Å². The Hall–Kier alpha value is -18.2. The van der Waals surface area contributed by atoms with E-state index in [1.54, 1.807) is 102 Å². The summed E-state index contributed by atoms with van der Waals surface area (Å²) >= 11 is 0. The number of aromatic amines is 8. The number of amides is 8. The number of nitrogens with one attached hydrogen (secondary N) is 12. The van der Waals surface area contributed by atoms with Gasteiger partial charge in [-0.05, 0) is 121 Å². The highest BCUT2D eigenvalue weighted by Gasteiger charge is 2.29. The summed E-state index contributed by atoms with van der Waals surface area (Å²) in [7, 11) is 4.96. The Morgan fingerprint density at radius 2 is 0.692 bits per heavy atom. The number of ketones is 1. The summed E-state index contributed by atoms with van der Waals surface area (Å²) in [6.45, 7) is 14.2. The minimum Gasteiger partial charge on any atom is -0.378 e. The van der Waals surface area contributed by atoms with Crippen LogP contribution in [0.4, 0.5) is 21.9 Å². The quantitative estimate of drug-likeness (QED) is 0.0337. The zero-order chi connectivity index (χ0) is 101. The highest BCUT2D eigenvalue weighted by molar-refractivity contribution is 6.13. The van der Waals surface area contributed by atoms with Crippen LogP contribution in [0.2, 0.25) is 0 Å². The summed E-state index contributed by atoms with van der Waals surface area (Å²) in [6.07, 6.45) is 20.0. The van der Waals surface area contributed by atoms with Crippen LogP contribution < -0.4 is 21.3 Å². The molecule has 0 aliphatic carbocycles. The molecular formula is C107H100N28O11. The van der Waals surface area contributed by atoms with Crippen LogP contribution in [0.5, 0.6) is 0 Å². The van der Waals surface area contributed by atoms with Crippen LogP contribution in [0.15, 0.2) is 220 Å². The molecule has 146 heavy (non-hydrogen) atoms. The van der Waals surface area contributed by atoms with Gasteiger partial charge < -0.3 is 75.0 Å². The van der Waals surface area contributed by atoms with Crippen molar-refractivity contribution in [2.24, 2.45) is 5.92 Å². The van der Waals surface area contributed by atoms with Crippen molar-refractivity contribution in [2.75, 3.05) is 116 Å². The van der Waals surface area contributed by atoms with Crippen molar-refractivity contribution in [3.8, 4) is 90.1 Å². The second kappa shape index (κ2) is 41.9. The molecule has 0 spiro atoms. The summed E-state index contributed by atoms with van der Waals surface area (Å²) in [4.78, 5) is 156. The number of benzene rings is 4. The number of rotatable bonds is 20. The van der Waals surface area contributed by atoms with Crippen molar-refractivity contribution in [2.45, 2.75) is 47.0 Å². The molecule has 16 aromatic heterocycles. The third-order valence-corrected chi connectivity index (χ3v) is 25.6. The van der Waals surface area contributed by atoms with Crippen LogP contribution >= 0.6 is 0 Å². The Balaban J connectivity index is 0.000000118. The van der Waals surface area contributed by atoms with E-state index in [9.17, 15) is 38.4 Å². The average Bonchev–Trinajstić information content (AvgIpc) is 1.63. The molecule has 0 unspecified atom stereocenters. The first-order valence-electron chi connectivity index (χ1n) is 47.7. The van der Waals surface area contributed by atoms with Gasteiger partial charge in [0.25, 0.3) is 23.6 Å². The van der Waals surface area contributed by atoms with Crippen LogP contribution in [0.25, 0.3) is 178 Å². The van der Waals surface area contributed by atoms with E-state index in [1.807, 2.05) is 181 Å². The number of carbonyl (C=O) groups is 8. The van der Waals surface area contributed by atoms with Gasteiger partial charge in [0.05, 0.1) is 121 Å². The number of carbonyl (C=O) groups excluding carboxylic acids is 8. The first-order valence-corrected chi connectivity index (χ1v) is 47.7. The standard InChI is InChI=1S/C28H27N7O3.C28H26N6O3.C27H25N7O3.C24H22N8O2/c1-16(2)27(36)31-19-10-17(13-29-15-19)18-11-22-25(33-34-26(22)30-14-18)24-12-21-20(4-3-5-23(21)32-24)28(37)35-6-8-38-9-7-35;1-2-20(35)13-19-7-6-17(15-29-19)18-12-23-26(32-33-27(23)30-16-18)25-14-22-21(4-3-5-24(22)31-25)28(36)34-8-10-37-11-9-34;1-2-24(35)30-18-10-16(13-28-15-18)17-11-21-25(32-33-26(21)29-14-17)23-12-20-19(4-3-5-22(20)31-23)27(36)34-6-8-37-9-7-34;1-25-23(33)16-5-4-6-19-17(16)9-20(29-19)21-18-8-14(11-27-22(18)31-30-21)13-7-15(12-26-10-13)28-24(34)32(2)3/h3-5,10-16,32H,6-9H2,1-2H3,(H,31,36)(H,30,33,34);3-7,12,14-16,31H,2,8-11,13H2,1H3,(H,30,32,33);3-5,10-15,31H,2,6-9H2,1H3,(H,30,35)(H,29,32,33);4-12,29H,1-3H3,(H,25,33)(H,28,34)(H,27,30,31). The zero-order valence-electron chi connectivity index (χ0n) is 80.6. The predicted molar refractivity (Wildman–Crippen MR) is 555 cm³/mol. The van der Waals surface area contributed by atoms with Gasteiger partial charge in [0.15, 0.2) is 22.6 Å². The Labute approximate surface area is 832 Å². The van der Waals surface area contributed by atoms with Crippen LogP contribution in [-0.2, 0) is 35.0 Å². The number of ether oxygens (including phenoxy) is 3. The highest BCUT2D eigenvalue weighted by atomic mass is 16.5. The zero-order valence-corrected chi connectivity index (χ0v) is 80.6. The smallest absolute Gasteiger partial charge is 0.321 e. The third-order valence-electron chi connectivity index (χ3n) is 25.6. The number of pyridine rings is 8. The normalized spacial score (nSPS) is 13.2. The van der Waals surface area contributed by atoms with E-state index >= 15 is 0 Å². The molecule has 23 rings (SSSR count). The first-order chi connectivity index (χ1) is 71.1. The lowest BCUT2D eigenvalue weighted by molar-refractivity contribution is -0.119. The number of nitrogens with zero attached hydrogens (tertiary/aromatic N) is 16. The predicted octanol–water partition coefficient (Wildman–Crippen LogP) is 16.0. The molecule has 0 bridgehead atoms. The molecule has 39 heteroatoms. The number of H-pyrrole nitrogens is 8. The summed E-state index contributed by atoms with van der Waals surface area (Å²) in [5, 5.41) is 47.8. The molecular weight excluding hydrogens is 1850 g/mol. The lowest BCUT2D eigenvalue weighted by Gasteiger charge is -2.27. The molecule has 3 aliphatic rings. The van der Waals surface area contributed by atoms with Gasteiger partial charge in [0.2, 0.25) is 11.8 Å². The number of urea groups is 1. The van der Waals surface area contributed by atoms with Gasteiger partial charge in [0.1, 0.15) is 5.78 Å². The lowest BCUT2D eigenvalue weighted by Crippen LogP contribution is -2.40. The molecule has 19 heterocycles. The maximum atomic E-state index is 13.2. The first kappa shape index (κ1) is 95.3. The van der Waals surface area contributed by atoms with Crippen molar-refractivity contribution in [1.82, 2.24) is 126 Å². The van der Waals surface area contributed by atoms with E-state index in [1.165, 1.54) is 4.90 Å². The van der Waals surface area contributed by atoms with Crippen molar-refractivity contribution < 1.29 is 52.6 Å². The molecule has 8 amide bonds. The van der Waals surface area contributed by atoms with E-state index in [0.717, 1.165) is 161 Å². The molecule has 20 aromatic rings. The molecule has 0 saturated carbocycles. The number of hydrogen-bond acceptors (Lipinski definition) is 23. The Kier molecular flexibility index (Phi) is 27.3. The van der Waals surface area contributed by atoms with E-state index in [0.29, 0.717) is 160 Å². The number of Topliss-reactive ketones (excluding diaryl/α,β-unsaturated/α-hetero) is 1. The second-order valence-electron chi connectivity index (χ2n) is 35.7. The molecule has 0 radical (unpaired) electrons. The Morgan fingerprint density at radius 1 is 0.363 bits per heavy atom. The summed E-state index contributed by atoms with van der Waals surface area (Å²) in [6, 6.07) is 47.8. The number of anilines is 3. The molecule has 12 N–H and O–H groups in total. The van der Waals surface area contributed by atoms with Crippen LogP contribution in [0, 0.1) is 5.92 Å². The minimum atomic E-state index is -0.236. The number of morpholine rings is 3. The Morgan fingerprint density at radius 3 is 1.02 bits per heavy atom. The fraction of sp³-hybridized carbons (Fsp3) is 0.215. The van der Waals surface area contributed by atoms with Gasteiger partial charge in [-0.2, -0.15) is 20.4 Å². The van der Waals surface area contributed by atoms with Crippen LogP contribution in [-0.4, -0.2) is 268 Å². The van der Waals surface area contributed by atoms with Crippen LogP contribution in [0.3, 0.4) is 0 Å². The number of hydrogen-bond donors (Lipinski definition) is 12. The second-order valence-corrected chi connectivity index (χ2v) is 35.7. The van der Waals surface area contributed by atoms with E-state index < -0.39 is 0 Å². The van der Waals surface area contributed by atoms with Gasteiger partial charge in [-0.25, -0.2) is 24.7 Å². The topological polar surface area (TPSA) is 506 Å². The van der Waals surface area contributed by atoms with Crippen molar-refractivity contribution >= 4 is 152 Å². The molecule has 3 fully saturated rings. The third kappa shape index (κ3) is 20.1. The fourth-order valence-corrected chi connectivity index (χ4v) is 17.7. The van der Waals surface area contributed by atoms with Crippen molar-refractivity contribution in [3.63, 3.8) is 0 Å². The molecule has 3 aliphatic heterocycles. The number of aromatic nitrogens is 20. The maximum Gasteiger partial charge on any atom is 0.321 e. The van der Waals surface area contributed by atoms with Gasteiger partial charge in [-0.3, -0.25) is 73.9 Å². The number of fused-ring (bicyclic) bond motifs is 8. The summed E-state index contributed by atoms with van der Waals surface area (Å²) < 4.78 is 16.2. The van der Waals surface area contributed by atoms with Crippen molar-refractivity contribution in [3.05, 3.63) is 248 Å². The minimum absolute atomic E-state index is 0.000175.